The Bertz CT molecular complexity index is 665. The lowest BCUT2D eigenvalue weighted by Crippen LogP contribution is -2.29. The Morgan fingerprint density at radius 2 is 1.95 bits per heavy atom. The minimum absolute atomic E-state index is 0.0241. The van der Waals surface area contributed by atoms with Crippen molar-refractivity contribution in [3.63, 3.8) is 0 Å². The highest BCUT2D eigenvalue weighted by Gasteiger charge is 2.30. The molecule has 2 N–H and O–H groups in total. The monoisotopic (exact) mass is 250 g/mol. The molecule has 96 valence electrons. The van der Waals surface area contributed by atoms with Crippen molar-refractivity contribution in [3.8, 4) is 0 Å². The maximum absolute atomic E-state index is 5.76. The van der Waals surface area contributed by atoms with Gasteiger partial charge >= 0.3 is 0 Å². The second-order valence-corrected chi connectivity index (χ2v) is 5.13. The van der Waals surface area contributed by atoms with Crippen molar-refractivity contribution in [1.29, 1.82) is 0 Å². The molecular formula is C17H18N2. The lowest BCUT2D eigenvalue weighted by molar-refractivity contribution is 0.567. The minimum atomic E-state index is -0.0241. The van der Waals surface area contributed by atoms with Crippen LogP contribution in [-0.2, 0) is 5.41 Å². The molecular weight excluding hydrogens is 232 g/mol. The molecule has 2 nitrogen and oxygen atoms in total. The Hall–Kier alpha value is -2.09. The molecule has 2 heteroatoms. The van der Waals surface area contributed by atoms with Crippen LogP contribution in [0.5, 0.6) is 0 Å². The van der Waals surface area contributed by atoms with Crippen LogP contribution in [0.1, 0.15) is 25.3 Å². The summed E-state index contributed by atoms with van der Waals surface area (Å²) in [5.41, 5.74) is 7.09. The maximum atomic E-state index is 5.76. The molecule has 2 aromatic carbocycles. The number of fused-ring (bicyclic) bond motifs is 1. The molecule has 0 fully saturated rings. The summed E-state index contributed by atoms with van der Waals surface area (Å²) >= 11 is 0. The second-order valence-electron chi connectivity index (χ2n) is 5.13. The van der Waals surface area contributed by atoms with Crippen molar-refractivity contribution in [3.05, 3.63) is 59.9 Å². The lowest BCUT2D eigenvalue weighted by atomic mass is 9.74. The first-order valence-electron chi connectivity index (χ1n) is 6.74. The Morgan fingerprint density at radius 3 is 2.68 bits per heavy atom. The zero-order chi connectivity index (χ0) is 13.3. The van der Waals surface area contributed by atoms with Gasteiger partial charge in [0, 0.05) is 11.6 Å². The lowest BCUT2D eigenvalue weighted by Gasteiger charge is -2.31. The smallest absolute Gasteiger partial charge is 0.118 e. The molecule has 1 unspecified atom stereocenters. The standard InChI is InChI=1S/C17H18N2/c1-2-17(11-10-16(18)19-12-17)15-9-5-7-13-6-3-4-8-14(13)15/h3-10,12H,2,11,18H2,1H3. The summed E-state index contributed by atoms with van der Waals surface area (Å²) in [6.45, 7) is 2.21. The van der Waals surface area contributed by atoms with E-state index in [9.17, 15) is 0 Å². The third kappa shape index (κ3) is 1.93. The Morgan fingerprint density at radius 1 is 1.16 bits per heavy atom. The van der Waals surface area contributed by atoms with Gasteiger partial charge in [-0.05, 0) is 35.3 Å². The Labute approximate surface area is 113 Å². The molecule has 1 heterocycles. The van der Waals surface area contributed by atoms with Crippen molar-refractivity contribution >= 4 is 17.0 Å². The van der Waals surface area contributed by atoms with E-state index in [0.717, 1.165) is 12.8 Å². The van der Waals surface area contributed by atoms with Crippen LogP contribution in [0, 0.1) is 0 Å². The number of nitrogens with zero attached hydrogens (tertiary/aromatic N) is 1. The average molecular weight is 250 g/mol. The summed E-state index contributed by atoms with van der Waals surface area (Å²) in [6, 6.07) is 15.0. The largest absolute Gasteiger partial charge is 0.384 e. The topological polar surface area (TPSA) is 38.4 Å². The highest BCUT2D eigenvalue weighted by atomic mass is 14.9. The summed E-state index contributed by atoms with van der Waals surface area (Å²) in [6.07, 6.45) is 6.01. The summed E-state index contributed by atoms with van der Waals surface area (Å²) in [4.78, 5) is 4.35. The van der Waals surface area contributed by atoms with Crippen molar-refractivity contribution in [2.45, 2.75) is 25.2 Å². The number of nitrogens with two attached hydrogens (primary N) is 1. The minimum Gasteiger partial charge on any atom is -0.384 e. The van der Waals surface area contributed by atoms with E-state index in [0.29, 0.717) is 5.82 Å². The van der Waals surface area contributed by atoms with Crippen LogP contribution in [-0.4, -0.2) is 6.21 Å². The van der Waals surface area contributed by atoms with Crippen LogP contribution in [0.25, 0.3) is 10.8 Å². The summed E-state index contributed by atoms with van der Waals surface area (Å²) < 4.78 is 0. The van der Waals surface area contributed by atoms with Gasteiger partial charge in [-0.3, -0.25) is 0 Å². The Balaban J connectivity index is 2.20. The molecule has 0 saturated carbocycles. The van der Waals surface area contributed by atoms with Crippen LogP contribution >= 0.6 is 0 Å². The van der Waals surface area contributed by atoms with E-state index in [1.807, 2.05) is 12.3 Å². The molecule has 0 radical (unpaired) electrons. The van der Waals surface area contributed by atoms with Gasteiger partial charge in [-0.1, -0.05) is 49.4 Å². The molecule has 1 aliphatic rings. The van der Waals surface area contributed by atoms with Crippen LogP contribution in [0.4, 0.5) is 0 Å². The van der Waals surface area contributed by atoms with Gasteiger partial charge in [-0.2, -0.15) is 0 Å². The molecule has 3 rings (SSSR count). The first-order chi connectivity index (χ1) is 9.25. The first kappa shape index (κ1) is 12.0. The van der Waals surface area contributed by atoms with Gasteiger partial charge in [-0.15, -0.1) is 0 Å². The molecule has 0 aliphatic carbocycles. The molecule has 0 amide bonds. The van der Waals surface area contributed by atoms with Crippen LogP contribution < -0.4 is 5.73 Å². The number of allylic oxidation sites excluding steroid dienone is 1. The first-order valence-corrected chi connectivity index (χ1v) is 6.74. The molecule has 0 aromatic heterocycles. The fourth-order valence-electron chi connectivity index (χ4n) is 2.86. The zero-order valence-corrected chi connectivity index (χ0v) is 11.1. The quantitative estimate of drug-likeness (QED) is 0.865. The zero-order valence-electron chi connectivity index (χ0n) is 11.1. The Kier molecular flexibility index (Phi) is 2.86. The van der Waals surface area contributed by atoms with E-state index >= 15 is 0 Å². The van der Waals surface area contributed by atoms with Gasteiger partial charge in [0.2, 0.25) is 0 Å². The molecule has 1 aliphatic heterocycles. The average Bonchev–Trinajstić information content (AvgIpc) is 2.48. The normalized spacial score (nSPS) is 22.5. The predicted molar refractivity (Wildman–Crippen MR) is 81.3 cm³/mol. The van der Waals surface area contributed by atoms with Crippen molar-refractivity contribution in [2.75, 3.05) is 0 Å². The van der Waals surface area contributed by atoms with Crippen LogP contribution in [0.2, 0.25) is 0 Å². The van der Waals surface area contributed by atoms with Gasteiger partial charge in [0.15, 0.2) is 0 Å². The van der Waals surface area contributed by atoms with E-state index in [-0.39, 0.29) is 5.41 Å². The fourth-order valence-corrected chi connectivity index (χ4v) is 2.86. The molecule has 1 atom stereocenters. The molecule has 0 saturated heterocycles. The molecule has 0 spiro atoms. The van der Waals surface area contributed by atoms with E-state index in [1.165, 1.54) is 16.3 Å². The third-order valence-electron chi connectivity index (χ3n) is 4.09. The van der Waals surface area contributed by atoms with E-state index < -0.39 is 0 Å². The van der Waals surface area contributed by atoms with E-state index in [2.05, 4.69) is 54.4 Å². The van der Waals surface area contributed by atoms with E-state index in [4.69, 9.17) is 5.73 Å². The summed E-state index contributed by atoms with van der Waals surface area (Å²) in [7, 11) is 0. The summed E-state index contributed by atoms with van der Waals surface area (Å²) in [5.74, 6) is 0.629. The highest BCUT2D eigenvalue weighted by molar-refractivity contribution is 5.91. The molecule has 0 bridgehead atoms. The number of aliphatic imine (C=N–C) groups is 1. The third-order valence-corrected chi connectivity index (χ3v) is 4.09. The van der Waals surface area contributed by atoms with Crippen molar-refractivity contribution in [2.24, 2.45) is 10.7 Å². The fraction of sp³-hybridized carbons (Fsp3) is 0.235. The highest BCUT2D eigenvalue weighted by Crippen LogP contribution is 2.37. The van der Waals surface area contributed by atoms with Gasteiger partial charge in [-0.25, -0.2) is 4.99 Å². The number of hydrogen-bond acceptors (Lipinski definition) is 2. The number of hydrogen-bond donors (Lipinski definition) is 1. The molecule has 19 heavy (non-hydrogen) atoms. The number of rotatable bonds is 2. The van der Waals surface area contributed by atoms with Gasteiger partial charge < -0.3 is 5.73 Å². The van der Waals surface area contributed by atoms with E-state index in [1.54, 1.807) is 0 Å². The van der Waals surface area contributed by atoms with Crippen molar-refractivity contribution in [1.82, 2.24) is 0 Å². The van der Waals surface area contributed by atoms with Crippen LogP contribution in [0.15, 0.2) is 59.4 Å². The van der Waals surface area contributed by atoms with Gasteiger partial charge in [0.25, 0.3) is 0 Å². The summed E-state index contributed by atoms with van der Waals surface area (Å²) in [5, 5.41) is 2.59. The maximum Gasteiger partial charge on any atom is 0.118 e. The van der Waals surface area contributed by atoms with Crippen molar-refractivity contribution < 1.29 is 0 Å². The second kappa shape index (κ2) is 4.54. The predicted octanol–water partition coefficient (Wildman–Crippen LogP) is 3.76. The number of benzene rings is 2. The SMILES string of the molecule is CCC1(c2cccc3ccccc23)C=NC(N)=CC1. The van der Waals surface area contributed by atoms with Gasteiger partial charge in [0.05, 0.1) is 0 Å². The molecule has 2 aromatic rings. The van der Waals surface area contributed by atoms with Gasteiger partial charge in [0.1, 0.15) is 5.82 Å². The van der Waals surface area contributed by atoms with Crippen LogP contribution in [0.3, 0.4) is 0 Å².